The van der Waals surface area contributed by atoms with Crippen LogP contribution in [0, 0.1) is 17.0 Å². The van der Waals surface area contributed by atoms with Crippen LogP contribution in [0.4, 0.5) is 5.82 Å². The molecule has 0 saturated carbocycles. The van der Waals surface area contributed by atoms with Crippen molar-refractivity contribution in [1.82, 2.24) is 9.55 Å². The molecule has 0 radical (unpaired) electrons. The first-order valence-electron chi connectivity index (χ1n) is 3.77. The Labute approximate surface area is 74.3 Å². The monoisotopic (exact) mass is 183 g/mol. The van der Waals surface area contributed by atoms with Gasteiger partial charge in [-0.25, -0.2) is 0 Å². The molecule has 0 bridgehead atoms. The van der Waals surface area contributed by atoms with E-state index in [4.69, 9.17) is 0 Å². The summed E-state index contributed by atoms with van der Waals surface area (Å²) in [6.07, 6.45) is 2.44. The number of rotatable bonds is 4. The lowest BCUT2D eigenvalue weighted by Crippen LogP contribution is -1.99. The zero-order valence-corrected chi connectivity index (χ0v) is 7.14. The number of hydrogen-bond acceptors (Lipinski definition) is 4. The van der Waals surface area contributed by atoms with E-state index in [0.29, 0.717) is 18.8 Å². The molecule has 13 heavy (non-hydrogen) atoms. The van der Waals surface area contributed by atoms with E-state index in [9.17, 15) is 14.9 Å². The fourth-order valence-corrected chi connectivity index (χ4v) is 0.998. The first-order valence-corrected chi connectivity index (χ1v) is 3.77. The minimum Gasteiger partial charge on any atom is -0.358 e. The first kappa shape index (κ1) is 9.37. The van der Waals surface area contributed by atoms with Crippen molar-refractivity contribution < 1.29 is 9.72 Å². The molecule has 1 rings (SSSR count). The summed E-state index contributed by atoms with van der Waals surface area (Å²) in [5.74, 6) is 0.372. The van der Waals surface area contributed by atoms with E-state index in [1.165, 1.54) is 6.20 Å². The Morgan fingerprint density at radius 1 is 1.77 bits per heavy atom. The van der Waals surface area contributed by atoms with Gasteiger partial charge in [0, 0.05) is 19.9 Å². The van der Waals surface area contributed by atoms with E-state index in [0.717, 1.165) is 6.29 Å². The van der Waals surface area contributed by atoms with Gasteiger partial charge in [-0.3, -0.25) is 0 Å². The Balaban J connectivity index is 2.83. The highest BCUT2D eigenvalue weighted by Crippen LogP contribution is 2.10. The van der Waals surface area contributed by atoms with E-state index in [-0.39, 0.29) is 5.82 Å². The Bertz CT molecular complexity index is 332. The molecule has 0 fully saturated rings. The summed E-state index contributed by atoms with van der Waals surface area (Å²) in [7, 11) is 0. The highest BCUT2D eigenvalue weighted by molar-refractivity contribution is 5.49. The molecule has 0 atom stereocenters. The van der Waals surface area contributed by atoms with Crippen LogP contribution in [0.25, 0.3) is 0 Å². The average molecular weight is 183 g/mol. The number of hydrogen-bond donors (Lipinski definition) is 0. The molecule has 0 aliphatic rings. The maximum atomic E-state index is 10.3. The lowest BCUT2D eigenvalue weighted by Gasteiger charge is -1.95. The molecule has 0 unspecified atom stereocenters. The Morgan fingerprint density at radius 2 is 2.46 bits per heavy atom. The van der Waals surface area contributed by atoms with Crippen molar-refractivity contribution in [2.75, 3.05) is 0 Å². The molecule has 6 heteroatoms. The fraction of sp³-hybridized carbons (Fsp3) is 0.429. The summed E-state index contributed by atoms with van der Waals surface area (Å²) < 4.78 is 1.59. The third-order valence-corrected chi connectivity index (χ3v) is 1.64. The van der Waals surface area contributed by atoms with Gasteiger partial charge >= 0.3 is 5.82 Å². The lowest BCUT2D eigenvalue weighted by atomic mass is 10.4. The molecule has 1 heterocycles. The number of nitro groups is 1. The number of carbonyl (C=O) groups is 1. The molecule has 1 aromatic heterocycles. The predicted octanol–water partition coefficient (Wildman–Crippen LogP) is 0.689. The highest BCUT2D eigenvalue weighted by atomic mass is 16.6. The summed E-state index contributed by atoms with van der Waals surface area (Å²) in [6.45, 7) is 2.11. The quantitative estimate of drug-likeness (QED) is 0.391. The summed E-state index contributed by atoms with van der Waals surface area (Å²) in [5, 5.41) is 10.3. The summed E-state index contributed by atoms with van der Waals surface area (Å²) in [6, 6.07) is 0. The third-order valence-electron chi connectivity index (χ3n) is 1.64. The normalized spacial score (nSPS) is 9.92. The van der Waals surface area contributed by atoms with Gasteiger partial charge in [-0.15, -0.1) is 0 Å². The largest absolute Gasteiger partial charge is 0.381 e. The van der Waals surface area contributed by atoms with Crippen LogP contribution in [-0.2, 0) is 11.3 Å². The van der Waals surface area contributed by atoms with E-state index < -0.39 is 4.92 Å². The smallest absolute Gasteiger partial charge is 0.358 e. The molecule has 0 amide bonds. The van der Waals surface area contributed by atoms with E-state index in [1.807, 2.05) is 0 Å². The molecule has 0 spiro atoms. The molecule has 0 saturated heterocycles. The number of carbonyl (C=O) groups excluding carboxylic acids is 1. The maximum absolute atomic E-state index is 10.3. The van der Waals surface area contributed by atoms with Gasteiger partial charge in [-0.05, 0) is 9.91 Å². The number of aryl methyl sites for hydroxylation is 2. The number of imidazole rings is 1. The molecule has 0 aliphatic carbocycles. The molecule has 0 aromatic carbocycles. The van der Waals surface area contributed by atoms with Crippen LogP contribution in [-0.4, -0.2) is 20.8 Å². The van der Waals surface area contributed by atoms with Crippen molar-refractivity contribution in [3.8, 4) is 0 Å². The van der Waals surface area contributed by atoms with Crippen molar-refractivity contribution in [3.05, 3.63) is 22.1 Å². The lowest BCUT2D eigenvalue weighted by molar-refractivity contribution is -0.389. The molecular weight excluding hydrogens is 174 g/mol. The fourth-order valence-electron chi connectivity index (χ4n) is 0.998. The Hall–Kier alpha value is -1.72. The topological polar surface area (TPSA) is 78.0 Å². The summed E-state index contributed by atoms with van der Waals surface area (Å²) >= 11 is 0. The van der Waals surface area contributed by atoms with Gasteiger partial charge in [-0.2, -0.15) is 0 Å². The second kappa shape index (κ2) is 3.79. The number of aldehydes is 1. The Kier molecular flexibility index (Phi) is 2.73. The summed E-state index contributed by atoms with van der Waals surface area (Å²) in [4.78, 5) is 23.5. The predicted molar refractivity (Wildman–Crippen MR) is 44.3 cm³/mol. The second-order valence-electron chi connectivity index (χ2n) is 2.55. The van der Waals surface area contributed by atoms with Gasteiger partial charge in [0.15, 0.2) is 0 Å². The van der Waals surface area contributed by atoms with Gasteiger partial charge in [0.2, 0.25) is 5.82 Å². The van der Waals surface area contributed by atoms with Crippen LogP contribution in [0.2, 0.25) is 0 Å². The molecular formula is C7H9N3O3. The Morgan fingerprint density at radius 3 is 2.92 bits per heavy atom. The first-order chi connectivity index (χ1) is 6.15. The maximum Gasteiger partial charge on any atom is 0.381 e. The van der Waals surface area contributed by atoms with Crippen LogP contribution in [0.3, 0.4) is 0 Å². The zero-order chi connectivity index (χ0) is 9.84. The minimum absolute atomic E-state index is 0.177. The van der Waals surface area contributed by atoms with Crippen LogP contribution >= 0.6 is 0 Å². The van der Waals surface area contributed by atoms with E-state index >= 15 is 0 Å². The van der Waals surface area contributed by atoms with Gasteiger partial charge in [0.1, 0.15) is 12.5 Å². The summed E-state index contributed by atoms with van der Waals surface area (Å²) in [5.41, 5.74) is 0. The zero-order valence-electron chi connectivity index (χ0n) is 7.14. The van der Waals surface area contributed by atoms with Crippen molar-refractivity contribution in [2.45, 2.75) is 19.9 Å². The van der Waals surface area contributed by atoms with Crippen molar-refractivity contribution in [3.63, 3.8) is 0 Å². The van der Waals surface area contributed by atoms with E-state index in [1.54, 1.807) is 11.5 Å². The number of nitrogens with zero attached hydrogens (tertiary/aromatic N) is 3. The van der Waals surface area contributed by atoms with Gasteiger partial charge in [0.25, 0.3) is 0 Å². The van der Waals surface area contributed by atoms with Crippen LogP contribution in [0.5, 0.6) is 0 Å². The third kappa shape index (κ3) is 2.11. The minimum atomic E-state index is -0.551. The van der Waals surface area contributed by atoms with Crippen molar-refractivity contribution in [1.29, 1.82) is 0 Å². The van der Waals surface area contributed by atoms with E-state index in [2.05, 4.69) is 4.98 Å². The molecule has 70 valence electrons. The molecule has 0 N–H and O–H groups in total. The van der Waals surface area contributed by atoms with Crippen LogP contribution < -0.4 is 0 Å². The van der Waals surface area contributed by atoms with Crippen molar-refractivity contribution in [2.24, 2.45) is 0 Å². The van der Waals surface area contributed by atoms with Crippen LogP contribution in [0.15, 0.2) is 6.20 Å². The standard InChI is InChI=1S/C7H9N3O3/c1-6-8-7(10(12)13)5-9(6)3-2-4-11/h4-5H,2-3H2,1H3. The molecule has 6 nitrogen and oxygen atoms in total. The van der Waals surface area contributed by atoms with Crippen LogP contribution in [0.1, 0.15) is 12.2 Å². The second-order valence-corrected chi connectivity index (χ2v) is 2.55. The number of aromatic nitrogens is 2. The van der Waals surface area contributed by atoms with Gasteiger partial charge < -0.3 is 19.5 Å². The highest BCUT2D eigenvalue weighted by Gasteiger charge is 2.13. The van der Waals surface area contributed by atoms with Crippen molar-refractivity contribution >= 4 is 12.1 Å². The average Bonchev–Trinajstić information content (AvgIpc) is 2.44. The molecule has 0 aliphatic heterocycles. The van der Waals surface area contributed by atoms with Gasteiger partial charge in [0.05, 0.1) is 0 Å². The SMILES string of the molecule is Cc1nc([N+](=O)[O-])cn1CCC=O. The van der Waals surface area contributed by atoms with Gasteiger partial charge in [-0.1, -0.05) is 0 Å². The molecule has 1 aromatic rings.